The molecule has 1 aliphatic heterocycles. The van der Waals surface area contributed by atoms with E-state index in [-0.39, 0.29) is 6.04 Å². The third-order valence-corrected chi connectivity index (χ3v) is 5.07. The first-order chi connectivity index (χ1) is 13.4. The zero-order valence-electron chi connectivity index (χ0n) is 14.9. The van der Waals surface area contributed by atoms with Gasteiger partial charge in [-0.1, -0.05) is 70.8 Å². The Kier molecular flexibility index (Phi) is 6.39. The molecule has 1 unspecified atom stereocenters. The number of carbonyl (C=O) groups is 1. The Bertz CT molecular complexity index is 988. The normalized spacial score (nSPS) is 16.7. The van der Waals surface area contributed by atoms with Crippen LogP contribution in [0.5, 0.6) is 0 Å². The number of hydrogen-bond acceptors (Lipinski definition) is 4. The van der Waals surface area contributed by atoms with Crippen molar-refractivity contribution in [2.45, 2.75) is 19.4 Å². The molecule has 8 heteroatoms. The van der Waals surface area contributed by atoms with Gasteiger partial charge in [0, 0.05) is 28.1 Å². The molecule has 0 spiro atoms. The van der Waals surface area contributed by atoms with E-state index in [9.17, 15) is 4.79 Å². The van der Waals surface area contributed by atoms with Crippen LogP contribution in [0.3, 0.4) is 0 Å². The van der Waals surface area contributed by atoms with E-state index in [1.807, 2.05) is 30.3 Å². The highest BCUT2D eigenvalue weighted by molar-refractivity contribution is 6.37. The molecule has 0 radical (unpaired) electrons. The highest BCUT2D eigenvalue weighted by Crippen LogP contribution is 2.37. The Hall–Kier alpha value is -2.34. The van der Waals surface area contributed by atoms with Gasteiger partial charge in [0.15, 0.2) is 5.84 Å². The summed E-state index contributed by atoms with van der Waals surface area (Å²) < 4.78 is 0. The van der Waals surface area contributed by atoms with Crippen LogP contribution in [0.25, 0.3) is 0 Å². The van der Waals surface area contributed by atoms with Crippen molar-refractivity contribution in [3.63, 3.8) is 0 Å². The van der Waals surface area contributed by atoms with Crippen LogP contribution in [-0.4, -0.2) is 22.5 Å². The zero-order chi connectivity index (χ0) is 20.3. The second-order valence-corrected chi connectivity index (χ2v) is 7.26. The van der Waals surface area contributed by atoms with Gasteiger partial charge in [0.1, 0.15) is 0 Å². The van der Waals surface area contributed by atoms with Crippen molar-refractivity contribution in [3.05, 3.63) is 81.3 Å². The minimum Gasteiger partial charge on any atom is -0.312 e. The average Bonchev–Trinajstić information content (AvgIpc) is 3.11. The summed E-state index contributed by atoms with van der Waals surface area (Å²) in [6, 6.07) is 12.5. The second-order valence-electron chi connectivity index (χ2n) is 6.01. The number of nitrogens with zero attached hydrogens (tertiary/aromatic N) is 3. The van der Waals surface area contributed by atoms with E-state index >= 15 is 0 Å². The molecule has 0 bridgehead atoms. The lowest BCUT2D eigenvalue weighted by atomic mass is 9.98. The number of halogens is 3. The number of rotatable bonds is 4. The smallest absolute Gasteiger partial charge is 0.312 e. The average molecular weight is 437 g/mol. The van der Waals surface area contributed by atoms with E-state index in [4.69, 9.17) is 39.6 Å². The van der Waals surface area contributed by atoms with E-state index in [1.165, 1.54) is 0 Å². The molecule has 0 fully saturated rings. The van der Waals surface area contributed by atoms with Crippen LogP contribution in [-0.2, 0) is 9.63 Å². The maximum Gasteiger partial charge on any atom is 0.358 e. The number of benzene rings is 2. The third-order valence-electron chi connectivity index (χ3n) is 4.18. The van der Waals surface area contributed by atoms with Gasteiger partial charge in [-0.15, -0.1) is 0 Å². The van der Waals surface area contributed by atoms with Crippen molar-refractivity contribution in [2.24, 2.45) is 10.3 Å². The third kappa shape index (κ3) is 4.38. The summed E-state index contributed by atoms with van der Waals surface area (Å²) >= 11 is 18.8. The maximum absolute atomic E-state index is 11.3. The van der Waals surface area contributed by atoms with Crippen molar-refractivity contribution >= 4 is 52.3 Å². The topological polar surface area (TPSA) is 54.3 Å². The quantitative estimate of drug-likeness (QED) is 0.198. The Morgan fingerprint density at radius 1 is 1.25 bits per heavy atom. The van der Waals surface area contributed by atoms with Crippen LogP contribution >= 0.6 is 34.8 Å². The van der Waals surface area contributed by atoms with Gasteiger partial charge in [0.05, 0.1) is 16.8 Å². The van der Waals surface area contributed by atoms with E-state index in [1.54, 1.807) is 24.1 Å². The molecule has 3 rings (SSSR count). The lowest BCUT2D eigenvalue weighted by Crippen LogP contribution is -2.25. The molecule has 28 heavy (non-hydrogen) atoms. The van der Waals surface area contributed by atoms with E-state index in [0.717, 1.165) is 22.9 Å². The molecule has 1 heterocycles. The Labute approximate surface area is 177 Å². The van der Waals surface area contributed by atoms with Crippen LogP contribution in [0.2, 0.25) is 15.1 Å². The molecule has 2 aromatic carbocycles. The predicted octanol–water partition coefficient (Wildman–Crippen LogP) is 5.86. The minimum absolute atomic E-state index is 0.235. The summed E-state index contributed by atoms with van der Waals surface area (Å²) in [7, 11) is 0. The number of carbonyl (C=O) groups excluding carboxylic acids is 1. The van der Waals surface area contributed by atoms with Gasteiger partial charge >= 0.3 is 5.97 Å². The Morgan fingerprint density at radius 2 is 2.00 bits per heavy atom. The van der Waals surface area contributed by atoms with Crippen molar-refractivity contribution in [1.82, 2.24) is 5.01 Å². The van der Waals surface area contributed by atoms with Crippen molar-refractivity contribution < 1.29 is 9.63 Å². The van der Waals surface area contributed by atoms with Gasteiger partial charge in [0.25, 0.3) is 0 Å². The Balaban J connectivity index is 2.01. The fourth-order valence-electron chi connectivity index (χ4n) is 2.87. The highest BCUT2D eigenvalue weighted by Gasteiger charge is 2.32. The SMILES string of the molecule is C=CC(=O)O/N=C(\C)N1N=C(c2ccc(Cl)cc2Cl)CC1c1ccccc1Cl. The monoisotopic (exact) mass is 435 g/mol. The lowest BCUT2D eigenvalue weighted by molar-refractivity contribution is -0.137. The number of amidine groups is 1. The molecule has 0 saturated carbocycles. The first-order valence-electron chi connectivity index (χ1n) is 8.35. The number of hydrazone groups is 1. The molecule has 144 valence electrons. The molecular formula is C20H16Cl3N3O2. The maximum atomic E-state index is 11.3. The first-order valence-corrected chi connectivity index (χ1v) is 9.48. The standard InChI is InChI=1S/C20H16Cl3N3O2/c1-3-20(27)28-25-12(2)26-19(15-6-4-5-7-16(15)22)11-18(24-26)14-9-8-13(21)10-17(14)23/h3-10,19H,1,11H2,2H3/b25-12+. The van der Waals surface area contributed by atoms with Gasteiger partial charge < -0.3 is 4.84 Å². The van der Waals surface area contributed by atoms with Gasteiger partial charge in [-0.3, -0.25) is 0 Å². The first kappa shape index (κ1) is 20.4. The van der Waals surface area contributed by atoms with Crippen molar-refractivity contribution in [3.8, 4) is 0 Å². The summed E-state index contributed by atoms with van der Waals surface area (Å²) in [6.07, 6.45) is 1.57. The highest BCUT2D eigenvalue weighted by atomic mass is 35.5. The van der Waals surface area contributed by atoms with Crippen LogP contribution in [0.1, 0.15) is 30.5 Å². The van der Waals surface area contributed by atoms with Gasteiger partial charge in [-0.25, -0.2) is 9.80 Å². The van der Waals surface area contributed by atoms with Gasteiger partial charge in [-0.05, 0) is 30.7 Å². The molecule has 5 nitrogen and oxygen atoms in total. The zero-order valence-corrected chi connectivity index (χ0v) is 17.2. The summed E-state index contributed by atoms with van der Waals surface area (Å²) in [5.74, 6) is -0.266. The minimum atomic E-state index is -0.655. The Morgan fingerprint density at radius 3 is 2.68 bits per heavy atom. The fourth-order valence-corrected chi connectivity index (χ4v) is 3.65. The molecule has 0 aliphatic carbocycles. The summed E-state index contributed by atoms with van der Waals surface area (Å²) in [5.41, 5.74) is 2.38. The summed E-state index contributed by atoms with van der Waals surface area (Å²) in [6.45, 7) is 5.04. The summed E-state index contributed by atoms with van der Waals surface area (Å²) in [5, 5.41) is 11.8. The van der Waals surface area contributed by atoms with Crippen molar-refractivity contribution in [1.29, 1.82) is 0 Å². The molecule has 1 atom stereocenters. The van der Waals surface area contributed by atoms with Crippen LogP contribution in [0.15, 0.2) is 65.4 Å². The van der Waals surface area contributed by atoms with E-state index in [0.29, 0.717) is 27.3 Å². The predicted molar refractivity (Wildman–Crippen MR) is 113 cm³/mol. The van der Waals surface area contributed by atoms with E-state index < -0.39 is 5.97 Å². The molecule has 2 aromatic rings. The van der Waals surface area contributed by atoms with Gasteiger partial charge in [-0.2, -0.15) is 5.10 Å². The summed E-state index contributed by atoms with van der Waals surface area (Å²) in [4.78, 5) is 16.2. The fraction of sp³-hybridized carbons (Fsp3) is 0.150. The molecule has 0 amide bonds. The van der Waals surface area contributed by atoms with Crippen LogP contribution in [0, 0.1) is 0 Å². The van der Waals surface area contributed by atoms with Crippen molar-refractivity contribution in [2.75, 3.05) is 0 Å². The van der Waals surface area contributed by atoms with E-state index in [2.05, 4.69) is 16.8 Å². The van der Waals surface area contributed by atoms with Crippen LogP contribution < -0.4 is 0 Å². The van der Waals surface area contributed by atoms with Gasteiger partial charge in [0.2, 0.25) is 0 Å². The lowest BCUT2D eigenvalue weighted by Gasteiger charge is -2.23. The molecule has 0 saturated heterocycles. The molecule has 0 N–H and O–H groups in total. The number of oxime groups is 1. The molecule has 1 aliphatic rings. The second kappa shape index (κ2) is 8.78. The molecule has 0 aromatic heterocycles. The largest absolute Gasteiger partial charge is 0.358 e. The molecular weight excluding hydrogens is 421 g/mol. The number of hydrogen-bond donors (Lipinski definition) is 0. The van der Waals surface area contributed by atoms with Crippen LogP contribution in [0.4, 0.5) is 0 Å².